The number of hydrogen-bond acceptors (Lipinski definition) is 2. The average molecular weight is 126 g/mol. The Morgan fingerprint density at radius 3 is 2.56 bits per heavy atom. The van der Waals surface area contributed by atoms with E-state index in [1.165, 1.54) is 7.11 Å². The zero-order valence-corrected chi connectivity index (χ0v) is 5.52. The van der Waals surface area contributed by atoms with Crippen molar-refractivity contribution in [2.45, 2.75) is 12.8 Å². The number of esters is 1. The third-order valence-electron chi connectivity index (χ3n) is 1.52. The van der Waals surface area contributed by atoms with Crippen molar-refractivity contribution in [1.29, 1.82) is 0 Å². The lowest BCUT2D eigenvalue weighted by Gasteiger charge is -1.97. The van der Waals surface area contributed by atoms with E-state index in [2.05, 4.69) is 11.3 Å². The summed E-state index contributed by atoms with van der Waals surface area (Å²) in [6, 6.07) is 0. The number of carbonyl (C=O) groups excluding carboxylic acids is 1. The summed E-state index contributed by atoms with van der Waals surface area (Å²) in [7, 11) is 1.38. The molecule has 1 saturated carbocycles. The van der Waals surface area contributed by atoms with Gasteiger partial charge in [0.1, 0.15) is 0 Å². The van der Waals surface area contributed by atoms with Gasteiger partial charge in [-0.05, 0) is 18.8 Å². The minimum absolute atomic E-state index is 0.252. The van der Waals surface area contributed by atoms with E-state index in [1.54, 1.807) is 0 Å². The molecule has 50 valence electrons. The molecule has 0 amide bonds. The smallest absolute Gasteiger partial charge is 0.333 e. The summed E-state index contributed by atoms with van der Waals surface area (Å²) < 4.78 is 4.47. The highest BCUT2D eigenvalue weighted by Gasteiger charge is 2.28. The van der Waals surface area contributed by atoms with Crippen LogP contribution in [0.1, 0.15) is 12.8 Å². The molecule has 0 unspecified atom stereocenters. The Morgan fingerprint density at radius 1 is 1.67 bits per heavy atom. The molecule has 0 N–H and O–H groups in total. The van der Waals surface area contributed by atoms with Gasteiger partial charge in [-0.25, -0.2) is 4.79 Å². The fraction of sp³-hybridized carbons (Fsp3) is 0.571. The maximum absolute atomic E-state index is 10.7. The van der Waals surface area contributed by atoms with Gasteiger partial charge in [-0.1, -0.05) is 6.58 Å². The molecule has 0 bridgehead atoms. The molecular weight excluding hydrogens is 116 g/mol. The van der Waals surface area contributed by atoms with Gasteiger partial charge in [-0.3, -0.25) is 0 Å². The second kappa shape index (κ2) is 2.21. The van der Waals surface area contributed by atoms with Crippen LogP contribution < -0.4 is 0 Å². The fourth-order valence-corrected chi connectivity index (χ4v) is 0.730. The first kappa shape index (κ1) is 6.33. The first-order valence-electron chi connectivity index (χ1n) is 3.03. The van der Waals surface area contributed by atoms with E-state index in [-0.39, 0.29) is 5.97 Å². The molecule has 0 aliphatic heterocycles. The summed E-state index contributed by atoms with van der Waals surface area (Å²) in [6.07, 6.45) is 2.21. The van der Waals surface area contributed by atoms with Crippen LogP contribution in [-0.4, -0.2) is 13.1 Å². The Labute approximate surface area is 54.5 Å². The molecule has 0 heterocycles. The molecule has 9 heavy (non-hydrogen) atoms. The predicted molar refractivity (Wildman–Crippen MR) is 33.9 cm³/mol. The highest BCUT2D eigenvalue weighted by molar-refractivity contribution is 5.88. The Kier molecular flexibility index (Phi) is 1.56. The summed E-state index contributed by atoms with van der Waals surface area (Å²) in [5, 5.41) is 0. The van der Waals surface area contributed by atoms with Crippen LogP contribution in [0.2, 0.25) is 0 Å². The molecule has 0 saturated heterocycles. The van der Waals surface area contributed by atoms with Crippen LogP contribution in [0.15, 0.2) is 12.2 Å². The molecule has 0 aromatic carbocycles. The lowest BCUT2D eigenvalue weighted by atomic mass is 10.2. The van der Waals surface area contributed by atoms with E-state index in [0.717, 1.165) is 12.8 Å². The normalized spacial score (nSPS) is 17.0. The largest absolute Gasteiger partial charge is 0.466 e. The maximum Gasteiger partial charge on any atom is 0.333 e. The molecule has 0 radical (unpaired) electrons. The van der Waals surface area contributed by atoms with E-state index in [1.807, 2.05) is 0 Å². The van der Waals surface area contributed by atoms with Crippen molar-refractivity contribution >= 4 is 5.97 Å². The number of hydrogen-bond donors (Lipinski definition) is 0. The van der Waals surface area contributed by atoms with Crippen molar-refractivity contribution < 1.29 is 9.53 Å². The van der Waals surface area contributed by atoms with Gasteiger partial charge in [0.2, 0.25) is 0 Å². The quantitative estimate of drug-likeness (QED) is 0.409. The second-order valence-electron chi connectivity index (χ2n) is 2.29. The SMILES string of the molecule is C=C(C(=O)OC)C1CC1. The molecule has 0 atom stereocenters. The number of carbonyl (C=O) groups is 1. The van der Waals surface area contributed by atoms with Crippen molar-refractivity contribution in [2.24, 2.45) is 5.92 Å². The lowest BCUT2D eigenvalue weighted by molar-refractivity contribution is -0.136. The van der Waals surface area contributed by atoms with Gasteiger partial charge >= 0.3 is 5.97 Å². The highest BCUT2D eigenvalue weighted by atomic mass is 16.5. The van der Waals surface area contributed by atoms with E-state index >= 15 is 0 Å². The molecule has 1 aliphatic carbocycles. The van der Waals surface area contributed by atoms with Gasteiger partial charge in [-0.2, -0.15) is 0 Å². The van der Waals surface area contributed by atoms with Crippen LogP contribution in [-0.2, 0) is 9.53 Å². The zero-order valence-electron chi connectivity index (χ0n) is 5.52. The van der Waals surface area contributed by atoms with Crippen molar-refractivity contribution in [1.82, 2.24) is 0 Å². The van der Waals surface area contributed by atoms with Crippen LogP contribution >= 0.6 is 0 Å². The van der Waals surface area contributed by atoms with E-state index in [0.29, 0.717) is 11.5 Å². The van der Waals surface area contributed by atoms with Crippen molar-refractivity contribution in [3.8, 4) is 0 Å². The molecule has 1 aliphatic rings. The van der Waals surface area contributed by atoms with E-state index in [9.17, 15) is 4.79 Å². The summed E-state index contributed by atoms with van der Waals surface area (Å²) in [5.41, 5.74) is 0.637. The lowest BCUT2D eigenvalue weighted by Crippen LogP contribution is -2.04. The Bertz CT molecular complexity index is 145. The van der Waals surface area contributed by atoms with Crippen LogP contribution in [0.5, 0.6) is 0 Å². The molecule has 1 rings (SSSR count). The summed E-state index contributed by atoms with van der Waals surface area (Å²) in [6.45, 7) is 3.61. The number of ether oxygens (including phenoxy) is 1. The average Bonchev–Trinajstić information content (AvgIpc) is 2.66. The summed E-state index contributed by atoms with van der Waals surface area (Å²) in [5.74, 6) is 0.176. The summed E-state index contributed by atoms with van der Waals surface area (Å²) in [4.78, 5) is 10.7. The molecule has 2 heteroatoms. The predicted octanol–water partition coefficient (Wildman–Crippen LogP) is 1.13. The van der Waals surface area contributed by atoms with Crippen molar-refractivity contribution in [3.05, 3.63) is 12.2 Å². The van der Waals surface area contributed by atoms with Gasteiger partial charge < -0.3 is 4.74 Å². The second-order valence-corrected chi connectivity index (χ2v) is 2.29. The van der Waals surface area contributed by atoms with Gasteiger partial charge in [0.05, 0.1) is 7.11 Å². The summed E-state index contributed by atoms with van der Waals surface area (Å²) >= 11 is 0. The Balaban J connectivity index is 2.40. The molecular formula is C7H10O2. The molecule has 0 spiro atoms. The van der Waals surface area contributed by atoms with E-state index in [4.69, 9.17) is 0 Å². The van der Waals surface area contributed by atoms with Crippen molar-refractivity contribution in [2.75, 3.05) is 7.11 Å². The maximum atomic E-state index is 10.7. The standard InChI is InChI=1S/C7H10O2/c1-5(6-3-4-6)7(8)9-2/h6H,1,3-4H2,2H3. The molecule has 0 aromatic rings. The van der Waals surface area contributed by atoms with Crippen LogP contribution in [0.25, 0.3) is 0 Å². The highest BCUT2D eigenvalue weighted by Crippen LogP contribution is 2.35. The Hall–Kier alpha value is -0.790. The van der Waals surface area contributed by atoms with Crippen LogP contribution in [0.3, 0.4) is 0 Å². The minimum Gasteiger partial charge on any atom is -0.466 e. The molecule has 0 aromatic heterocycles. The third kappa shape index (κ3) is 1.31. The van der Waals surface area contributed by atoms with Gasteiger partial charge in [0.15, 0.2) is 0 Å². The van der Waals surface area contributed by atoms with Crippen molar-refractivity contribution in [3.63, 3.8) is 0 Å². The van der Waals surface area contributed by atoms with Gasteiger partial charge in [-0.15, -0.1) is 0 Å². The minimum atomic E-state index is -0.252. The van der Waals surface area contributed by atoms with Crippen LogP contribution in [0.4, 0.5) is 0 Å². The van der Waals surface area contributed by atoms with Gasteiger partial charge in [0.25, 0.3) is 0 Å². The topological polar surface area (TPSA) is 26.3 Å². The fourth-order valence-electron chi connectivity index (χ4n) is 0.730. The van der Waals surface area contributed by atoms with E-state index < -0.39 is 0 Å². The third-order valence-corrected chi connectivity index (χ3v) is 1.52. The number of methoxy groups -OCH3 is 1. The first-order chi connectivity index (χ1) is 4.25. The van der Waals surface area contributed by atoms with Crippen LogP contribution in [0, 0.1) is 5.92 Å². The van der Waals surface area contributed by atoms with Gasteiger partial charge in [0, 0.05) is 5.57 Å². The zero-order chi connectivity index (χ0) is 6.85. The Morgan fingerprint density at radius 2 is 2.22 bits per heavy atom. The number of rotatable bonds is 2. The first-order valence-corrected chi connectivity index (χ1v) is 3.03. The molecule has 1 fully saturated rings. The monoisotopic (exact) mass is 126 g/mol. The molecule has 2 nitrogen and oxygen atoms in total.